The molecule has 2 fully saturated rings. The van der Waals surface area contributed by atoms with Gasteiger partial charge in [0, 0.05) is 31.3 Å². The van der Waals surface area contributed by atoms with Crippen molar-refractivity contribution in [1.29, 1.82) is 0 Å². The third-order valence-electron chi connectivity index (χ3n) is 5.09. The topological polar surface area (TPSA) is 50.8 Å². The SMILES string of the molecule is COc1cc(N2CCOCC2)cc(C)c1NC(=O)CC1CCCC1. The Morgan fingerprint density at radius 1 is 1.29 bits per heavy atom. The monoisotopic (exact) mass is 332 g/mol. The summed E-state index contributed by atoms with van der Waals surface area (Å²) in [6, 6.07) is 4.14. The highest BCUT2D eigenvalue weighted by Gasteiger charge is 2.21. The van der Waals surface area contributed by atoms with Crippen molar-refractivity contribution in [2.45, 2.75) is 39.0 Å². The number of anilines is 2. The number of carbonyl (C=O) groups excluding carboxylic acids is 1. The fourth-order valence-electron chi connectivity index (χ4n) is 3.73. The summed E-state index contributed by atoms with van der Waals surface area (Å²) in [5.74, 6) is 1.38. The third-order valence-corrected chi connectivity index (χ3v) is 5.09. The van der Waals surface area contributed by atoms with Gasteiger partial charge in [-0.3, -0.25) is 4.79 Å². The van der Waals surface area contributed by atoms with Crippen molar-refractivity contribution in [3.63, 3.8) is 0 Å². The molecule has 1 saturated heterocycles. The van der Waals surface area contributed by atoms with E-state index in [1.165, 1.54) is 25.7 Å². The molecule has 1 amide bonds. The third kappa shape index (κ3) is 4.01. The smallest absolute Gasteiger partial charge is 0.224 e. The van der Waals surface area contributed by atoms with Crippen LogP contribution in [0.5, 0.6) is 5.75 Å². The number of amides is 1. The van der Waals surface area contributed by atoms with Crippen molar-refractivity contribution >= 4 is 17.3 Å². The fourth-order valence-corrected chi connectivity index (χ4v) is 3.73. The van der Waals surface area contributed by atoms with Crippen LogP contribution >= 0.6 is 0 Å². The van der Waals surface area contributed by atoms with Gasteiger partial charge in [-0.2, -0.15) is 0 Å². The van der Waals surface area contributed by atoms with Crippen LogP contribution in [0.4, 0.5) is 11.4 Å². The molecule has 5 heteroatoms. The molecular weight excluding hydrogens is 304 g/mol. The van der Waals surface area contributed by atoms with Crippen LogP contribution in [0.2, 0.25) is 0 Å². The van der Waals surface area contributed by atoms with E-state index in [1.807, 2.05) is 13.0 Å². The largest absolute Gasteiger partial charge is 0.494 e. The van der Waals surface area contributed by atoms with Crippen molar-refractivity contribution < 1.29 is 14.3 Å². The second-order valence-corrected chi connectivity index (χ2v) is 6.84. The maximum Gasteiger partial charge on any atom is 0.224 e. The molecule has 0 atom stereocenters. The number of benzene rings is 1. The van der Waals surface area contributed by atoms with Gasteiger partial charge in [0.1, 0.15) is 5.75 Å². The van der Waals surface area contributed by atoms with Gasteiger partial charge in [-0.15, -0.1) is 0 Å². The minimum atomic E-state index is 0.0995. The predicted molar refractivity (Wildman–Crippen MR) is 96.0 cm³/mol. The van der Waals surface area contributed by atoms with E-state index < -0.39 is 0 Å². The molecule has 1 N–H and O–H groups in total. The van der Waals surface area contributed by atoms with Crippen molar-refractivity contribution in [3.8, 4) is 5.75 Å². The van der Waals surface area contributed by atoms with Gasteiger partial charge < -0.3 is 19.7 Å². The number of nitrogens with zero attached hydrogens (tertiary/aromatic N) is 1. The molecule has 1 aliphatic heterocycles. The summed E-state index contributed by atoms with van der Waals surface area (Å²) >= 11 is 0. The fraction of sp³-hybridized carbons (Fsp3) is 0.632. The summed E-state index contributed by atoms with van der Waals surface area (Å²) in [7, 11) is 1.66. The number of hydrogen-bond donors (Lipinski definition) is 1. The zero-order valence-electron chi connectivity index (χ0n) is 14.8. The lowest BCUT2D eigenvalue weighted by atomic mass is 10.0. The number of carbonyl (C=O) groups is 1. The highest BCUT2D eigenvalue weighted by atomic mass is 16.5. The van der Waals surface area contributed by atoms with Gasteiger partial charge in [0.2, 0.25) is 5.91 Å². The molecule has 24 heavy (non-hydrogen) atoms. The van der Waals surface area contributed by atoms with Crippen molar-refractivity contribution in [1.82, 2.24) is 0 Å². The first-order valence-electron chi connectivity index (χ1n) is 8.98. The number of morpholine rings is 1. The predicted octanol–water partition coefficient (Wildman–Crippen LogP) is 3.36. The Morgan fingerprint density at radius 3 is 2.67 bits per heavy atom. The Morgan fingerprint density at radius 2 is 2.00 bits per heavy atom. The van der Waals surface area contributed by atoms with Gasteiger partial charge in [0.25, 0.3) is 0 Å². The van der Waals surface area contributed by atoms with E-state index in [-0.39, 0.29) is 5.91 Å². The van der Waals surface area contributed by atoms with Gasteiger partial charge in [-0.25, -0.2) is 0 Å². The molecule has 3 rings (SSSR count). The van der Waals surface area contributed by atoms with E-state index in [4.69, 9.17) is 9.47 Å². The Balaban J connectivity index is 1.73. The Bertz CT molecular complexity index is 576. The summed E-state index contributed by atoms with van der Waals surface area (Å²) < 4.78 is 11.0. The molecule has 1 aromatic carbocycles. The standard InChI is InChI=1S/C19H28N2O3/c1-14-11-16(21-7-9-24-10-8-21)13-17(23-2)19(14)20-18(22)12-15-5-3-4-6-15/h11,13,15H,3-10,12H2,1-2H3,(H,20,22). The zero-order chi connectivity index (χ0) is 16.9. The van der Waals surface area contributed by atoms with Crippen molar-refractivity contribution in [2.24, 2.45) is 5.92 Å². The maximum absolute atomic E-state index is 12.4. The molecular formula is C19H28N2O3. The van der Waals surface area contributed by atoms with Gasteiger partial charge in [-0.1, -0.05) is 12.8 Å². The van der Waals surface area contributed by atoms with Crippen LogP contribution in [0, 0.1) is 12.8 Å². The first-order chi connectivity index (χ1) is 11.7. The summed E-state index contributed by atoms with van der Waals surface area (Å²) in [4.78, 5) is 14.7. The number of ether oxygens (including phenoxy) is 2. The van der Waals surface area contributed by atoms with E-state index in [0.29, 0.717) is 12.3 Å². The molecule has 0 aromatic heterocycles. The summed E-state index contributed by atoms with van der Waals surface area (Å²) in [5.41, 5.74) is 2.97. The summed E-state index contributed by atoms with van der Waals surface area (Å²) in [5, 5.41) is 3.08. The number of aryl methyl sites for hydroxylation is 1. The minimum absolute atomic E-state index is 0.0995. The molecule has 1 aromatic rings. The Hall–Kier alpha value is -1.75. The lowest BCUT2D eigenvalue weighted by Crippen LogP contribution is -2.36. The van der Waals surface area contributed by atoms with Crippen LogP contribution in [-0.4, -0.2) is 39.3 Å². The quantitative estimate of drug-likeness (QED) is 0.898. The van der Waals surface area contributed by atoms with Gasteiger partial charge in [0.05, 0.1) is 26.0 Å². The molecule has 1 heterocycles. The minimum Gasteiger partial charge on any atom is -0.494 e. The second kappa shape index (κ2) is 7.88. The highest BCUT2D eigenvalue weighted by Crippen LogP contribution is 2.35. The number of rotatable bonds is 5. The molecule has 0 radical (unpaired) electrons. The molecule has 0 spiro atoms. The lowest BCUT2D eigenvalue weighted by Gasteiger charge is -2.30. The maximum atomic E-state index is 12.4. The number of methoxy groups -OCH3 is 1. The van der Waals surface area contributed by atoms with E-state index in [9.17, 15) is 4.79 Å². The van der Waals surface area contributed by atoms with E-state index in [2.05, 4.69) is 16.3 Å². The van der Waals surface area contributed by atoms with Crippen LogP contribution in [0.15, 0.2) is 12.1 Å². The summed E-state index contributed by atoms with van der Waals surface area (Å²) in [6.45, 7) is 5.30. The summed E-state index contributed by atoms with van der Waals surface area (Å²) in [6.07, 6.45) is 5.50. The Labute approximate surface area is 144 Å². The molecule has 5 nitrogen and oxygen atoms in total. The molecule has 132 valence electrons. The highest BCUT2D eigenvalue weighted by molar-refractivity contribution is 5.94. The first kappa shape index (κ1) is 17.1. The first-order valence-corrected chi connectivity index (χ1v) is 8.98. The Kier molecular flexibility index (Phi) is 5.61. The molecule has 1 aliphatic carbocycles. The zero-order valence-corrected chi connectivity index (χ0v) is 14.8. The molecule has 0 unspecified atom stereocenters. The van der Waals surface area contributed by atoms with Crippen molar-refractivity contribution in [3.05, 3.63) is 17.7 Å². The number of hydrogen-bond acceptors (Lipinski definition) is 4. The van der Waals surface area contributed by atoms with Gasteiger partial charge in [0.15, 0.2) is 0 Å². The molecule has 0 bridgehead atoms. The van der Waals surface area contributed by atoms with Crippen LogP contribution in [0.3, 0.4) is 0 Å². The second-order valence-electron chi connectivity index (χ2n) is 6.84. The van der Waals surface area contributed by atoms with Crippen LogP contribution < -0.4 is 15.0 Å². The average Bonchev–Trinajstić information content (AvgIpc) is 3.10. The number of nitrogens with one attached hydrogen (secondary N) is 1. The van der Waals surface area contributed by atoms with Crippen LogP contribution in [0.1, 0.15) is 37.7 Å². The van der Waals surface area contributed by atoms with Crippen LogP contribution in [0.25, 0.3) is 0 Å². The van der Waals surface area contributed by atoms with E-state index in [0.717, 1.165) is 49.0 Å². The van der Waals surface area contributed by atoms with Gasteiger partial charge in [-0.05, 0) is 37.3 Å². The van der Waals surface area contributed by atoms with Crippen molar-refractivity contribution in [2.75, 3.05) is 43.6 Å². The lowest BCUT2D eigenvalue weighted by molar-refractivity contribution is -0.117. The van der Waals surface area contributed by atoms with Gasteiger partial charge >= 0.3 is 0 Å². The average molecular weight is 332 g/mol. The normalized spacial score (nSPS) is 18.7. The van der Waals surface area contributed by atoms with E-state index in [1.54, 1.807) is 7.11 Å². The molecule has 2 aliphatic rings. The van der Waals surface area contributed by atoms with E-state index >= 15 is 0 Å². The molecule has 1 saturated carbocycles. The van der Waals surface area contributed by atoms with Crippen LogP contribution in [-0.2, 0) is 9.53 Å².